The molecule has 3 rings (SSSR count). The highest BCUT2D eigenvalue weighted by Crippen LogP contribution is 2.29. The summed E-state index contributed by atoms with van der Waals surface area (Å²) in [4.78, 5) is 40.4. The zero-order valence-electron chi connectivity index (χ0n) is 16.7. The number of hydrogen-bond donors (Lipinski definition) is 1. The molecule has 1 aliphatic heterocycles. The summed E-state index contributed by atoms with van der Waals surface area (Å²) < 4.78 is 0. The Morgan fingerprint density at radius 3 is 2.38 bits per heavy atom. The van der Waals surface area contributed by atoms with E-state index in [2.05, 4.69) is 5.32 Å². The topological polar surface area (TPSA) is 95.8 Å². The Bertz CT molecular complexity index is 951. The number of carbonyl (C=O) groups is 2. The second kappa shape index (κ2) is 8.40. The summed E-state index contributed by atoms with van der Waals surface area (Å²) in [5.41, 5.74) is 0.962. The van der Waals surface area contributed by atoms with Gasteiger partial charge in [-0.2, -0.15) is 0 Å². The molecule has 152 valence electrons. The summed E-state index contributed by atoms with van der Waals surface area (Å²) in [6.45, 7) is 1.57. The van der Waals surface area contributed by atoms with Crippen LogP contribution in [0.15, 0.2) is 42.5 Å². The van der Waals surface area contributed by atoms with Gasteiger partial charge in [-0.1, -0.05) is 18.2 Å². The molecule has 1 N–H and O–H groups in total. The van der Waals surface area contributed by atoms with Gasteiger partial charge in [0.15, 0.2) is 5.78 Å². The van der Waals surface area contributed by atoms with Crippen LogP contribution >= 0.6 is 0 Å². The maximum atomic E-state index is 13.2. The van der Waals surface area contributed by atoms with Crippen LogP contribution in [0.3, 0.4) is 0 Å². The van der Waals surface area contributed by atoms with Crippen molar-refractivity contribution in [3.05, 3.63) is 69.3 Å². The van der Waals surface area contributed by atoms with Crippen LogP contribution in [0.5, 0.6) is 0 Å². The first-order chi connectivity index (χ1) is 13.8. The van der Waals surface area contributed by atoms with Crippen LogP contribution in [0.25, 0.3) is 0 Å². The summed E-state index contributed by atoms with van der Waals surface area (Å²) in [5, 5.41) is 14.7. The first-order valence-corrected chi connectivity index (χ1v) is 9.38. The second-order valence-corrected chi connectivity index (χ2v) is 7.29. The molecule has 2 aromatic rings. The second-order valence-electron chi connectivity index (χ2n) is 7.29. The summed E-state index contributed by atoms with van der Waals surface area (Å²) in [5.74, 6) is -0.651. The number of nitro benzene ring substituents is 1. The number of likely N-dealkylation sites (N-methyl/N-ethyl adjacent to an activating group) is 1. The molecule has 1 amide bonds. The van der Waals surface area contributed by atoms with Gasteiger partial charge in [-0.3, -0.25) is 19.7 Å². The normalized spacial score (nSPS) is 15.8. The highest BCUT2D eigenvalue weighted by atomic mass is 16.6. The standard InChI is InChI=1S/C21H24N4O4/c1-23(2)18-9-8-14(12-19(18)25(28)29)20(26)16-6-4-5-7-17(16)21(27)24(3)15-10-11-22-13-15/h4-9,12,15,22H,10-11,13H2,1-3H3. The molecule has 0 aromatic heterocycles. The molecule has 1 fully saturated rings. The average molecular weight is 396 g/mol. The molecule has 1 atom stereocenters. The predicted octanol–water partition coefficient (Wildman–Crippen LogP) is 2.33. The highest BCUT2D eigenvalue weighted by molar-refractivity contribution is 6.15. The molecule has 1 heterocycles. The zero-order valence-corrected chi connectivity index (χ0v) is 16.7. The van der Waals surface area contributed by atoms with E-state index in [9.17, 15) is 19.7 Å². The van der Waals surface area contributed by atoms with Gasteiger partial charge in [0.2, 0.25) is 0 Å². The molecule has 1 saturated heterocycles. The molecule has 0 spiro atoms. The lowest BCUT2D eigenvalue weighted by molar-refractivity contribution is -0.384. The SMILES string of the molecule is CN(C)c1ccc(C(=O)c2ccccc2C(=O)N(C)C2CCNC2)cc1[N+](=O)[O-]. The molecule has 0 saturated carbocycles. The molecular formula is C21H24N4O4. The Hall–Kier alpha value is -3.26. The molecule has 8 heteroatoms. The van der Waals surface area contributed by atoms with Gasteiger partial charge < -0.3 is 15.1 Å². The van der Waals surface area contributed by atoms with E-state index >= 15 is 0 Å². The predicted molar refractivity (Wildman–Crippen MR) is 111 cm³/mol. The Labute approximate surface area is 169 Å². The maximum absolute atomic E-state index is 13.2. The average Bonchev–Trinajstić information content (AvgIpc) is 3.26. The molecule has 0 radical (unpaired) electrons. The Morgan fingerprint density at radius 1 is 1.10 bits per heavy atom. The van der Waals surface area contributed by atoms with Gasteiger partial charge in [-0.05, 0) is 31.2 Å². The summed E-state index contributed by atoms with van der Waals surface area (Å²) in [6, 6.07) is 11.0. The minimum Gasteiger partial charge on any atom is -0.372 e. The van der Waals surface area contributed by atoms with E-state index in [1.54, 1.807) is 67.3 Å². The first kappa shape index (κ1) is 20.5. The van der Waals surface area contributed by atoms with Crippen LogP contribution in [-0.4, -0.2) is 61.8 Å². The minimum absolute atomic E-state index is 0.0751. The van der Waals surface area contributed by atoms with Crippen molar-refractivity contribution < 1.29 is 14.5 Å². The van der Waals surface area contributed by atoms with Gasteiger partial charge >= 0.3 is 0 Å². The molecular weight excluding hydrogens is 372 g/mol. The summed E-state index contributed by atoms with van der Waals surface area (Å²) in [6.07, 6.45) is 0.858. The number of ketones is 1. The number of anilines is 1. The third-order valence-electron chi connectivity index (χ3n) is 5.22. The van der Waals surface area contributed by atoms with Crippen molar-refractivity contribution in [2.75, 3.05) is 39.1 Å². The van der Waals surface area contributed by atoms with Crippen LogP contribution < -0.4 is 10.2 Å². The van der Waals surface area contributed by atoms with E-state index in [-0.39, 0.29) is 28.8 Å². The number of nitro groups is 1. The Kier molecular flexibility index (Phi) is 5.93. The van der Waals surface area contributed by atoms with Crippen molar-refractivity contribution in [3.63, 3.8) is 0 Å². The Morgan fingerprint density at radius 2 is 1.79 bits per heavy atom. The van der Waals surface area contributed by atoms with Crippen molar-refractivity contribution in [1.82, 2.24) is 10.2 Å². The van der Waals surface area contributed by atoms with Crippen LogP contribution in [0.1, 0.15) is 32.7 Å². The van der Waals surface area contributed by atoms with Gasteiger partial charge in [-0.15, -0.1) is 0 Å². The third-order valence-corrected chi connectivity index (χ3v) is 5.22. The molecule has 29 heavy (non-hydrogen) atoms. The van der Waals surface area contributed by atoms with Crippen LogP contribution in [-0.2, 0) is 0 Å². The van der Waals surface area contributed by atoms with E-state index < -0.39 is 10.7 Å². The number of nitrogens with one attached hydrogen (secondary N) is 1. The van der Waals surface area contributed by atoms with Gasteiger partial charge in [0.1, 0.15) is 5.69 Å². The smallest absolute Gasteiger partial charge is 0.293 e. The zero-order chi connectivity index (χ0) is 21.1. The van der Waals surface area contributed by atoms with Crippen LogP contribution in [0.2, 0.25) is 0 Å². The van der Waals surface area contributed by atoms with Gasteiger partial charge in [0.05, 0.1) is 10.5 Å². The van der Waals surface area contributed by atoms with Gasteiger partial charge in [0.25, 0.3) is 11.6 Å². The molecule has 8 nitrogen and oxygen atoms in total. The molecule has 2 aromatic carbocycles. The van der Waals surface area contributed by atoms with Crippen molar-refractivity contribution in [2.24, 2.45) is 0 Å². The van der Waals surface area contributed by atoms with Crippen molar-refractivity contribution in [3.8, 4) is 0 Å². The van der Waals surface area contributed by atoms with E-state index in [4.69, 9.17) is 0 Å². The van der Waals surface area contributed by atoms with Crippen molar-refractivity contribution in [1.29, 1.82) is 0 Å². The first-order valence-electron chi connectivity index (χ1n) is 9.38. The molecule has 1 aliphatic rings. The van der Waals surface area contributed by atoms with Gasteiger partial charge in [-0.25, -0.2) is 0 Å². The van der Waals surface area contributed by atoms with E-state index in [1.165, 1.54) is 6.07 Å². The number of benzene rings is 2. The monoisotopic (exact) mass is 396 g/mol. The molecule has 0 bridgehead atoms. The van der Waals surface area contributed by atoms with Crippen LogP contribution in [0, 0.1) is 10.1 Å². The minimum atomic E-state index is -0.510. The van der Waals surface area contributed by atoms with Crippen molar-refractivity contribution >= 4 is 23.1 Å². The lowest BCUT2D eigenvalue weighted by Crippen LogP contribution is -2.39. The molecule has 1 unspecified atom stereocenters. The largest absolute Gasteiger partial charge is 0.372 e. The summed E-state index contributed by atoms with van der Waals surface area (Å²) >= 11 is 0. The molecule has 0 aliphatic carbocycles. The van der Waals surface area contributed by atoms with Crippen molar-refractivity contribution in [2.45, 2.75) is 12.5 Å². The lowest BCUT2D eigenvalue weighted by Gasteiger charge is -2.24. The number of carbonyl (C=O) groups excluding carboxylic acids is 2. The van der Waals surface area contributed by atoms with E-state index in [0.717, 1.165) is 19.5 Å². The lowest BCUT2D eigenvalue weighted by atomic mass is 9.96. The maximum Gasteiger partial charge on any atom is 0.293 e. The number of hydrogen-bond acceptors (Lipinski definition) is 6. The number of rotatable bonds is 6. The number of amides is 1. The highest BCUT2D eigenvalue weighted by Gasteiger charge is 2.28. The fourth-order valence-electron chi connectivity index (χ4n) is 3.54. The Balaban J connectivity index is 1.97. The van der Waals surface area contributed by atoms with E-state index in [0.29, 0.717) is 11.3 Å². The van der Waals surface area contributed by atoms with E-state index in [1.807, 2.05) is 0 Å². The quantitative estimate of drug-likeness (QED) is 0.457. The fourth-order valence-corrected chi connectivity index (χ4v) is 3.54. The van der Waals surface area contributed by atoms with Gasteiger partial charge in [0, 0.05) is 50.9 Å². The fraction of sp³-hybridized carbons (Fsp3) is 0.333. The number of nitrogens with zero attached hydrogens (tertiary/aromatic N) is 3. The van der Waals surface area contributed by atoms with Crippen LogP contribution in [0.4, 0.5) is 11.4 Å². The third kappa shape index (κ3) is 4.12. The summed E-state index contributed by atoms with van der Waals surface area (Å²) in [7, 11) is 5.13.